The lowest BCUT2D eigenvalue weighted by Gasteiger charge is -2.41. The largest absolute Gasteiger partial charge is 0.309 e. The third-order valence-corrected chi connectivity index (χ3v) is 4.88. The van der Waals surface area contributed by atoms with Gasteiger partial charge in [0.15, 0.2) is 0 Å². The molecule has 0 saturated carbocycles. The van der Waals surface area contributed by atoms with Crippen LogP contribution in [0.25, 0.3) is 0 Å². The normalized spacial score (nSPS) is 23.2. The Labute approximate surface area is 130 Å². The van der Waals surface area contributed by atoms with Crippen molar-refractivity contribution in [3.63, 3.8) is 0 Å². The van der Waals surface area contributed by atoms with Gasteiger partial charge in [-0.2, -0.15) is 0 Å². The van der Waals surface area contributed by atoms with E-state index in [1.165, 1.54) is 31.5 Å². The molecule has 1 aliphatic rings. The molecule has 1 aromatic carbocycles. The second-order valence-electron chi connectivity index (χ2n) is 6.41. The summed E-state index contributed by atoms with van der Waals surface area (Å²) in [5, 5.41) is 3.67. The highest BCUT2D eigenvalue weighted by Gasteiger charge is 2.29. The van der Waals surface area contributed by atoms with Crippen molar-refractivity contribution >= 4 is 0 Å². The van der Waals surface area contributed by atoms with Gasteiger partial charge in [-0.05, 0) is 52.5 Å². The minimum Gasteiger partial charge on any atom is -0.309 e. The zero-order valence-corrected chi connectivity index (χ0v) is 14.0. The smallest absolute Gasteiger partial charge is 0.0475 e. The topological polar surface area (TPSA) is 18.5 Å². The molecule has 3 unspecified atom stereocenters. The summed E-state index contributed by atoms with van der Waals surface area (Å²) >= 11 is 0. The Bertz CT molecular complexity index is 406. The van der Waals surface area contributed by atoms with Crippen LogP contribution in [0.1, 0.15) is 38.3 Å². The second-order valence-corrected chi connectivity index (χ2v) is 6.41. The summed E-state index contributed by atoms with van der Waals surface area (Å²) in [4.78, 5) is 5.04. The van der Waals surface area contributed by atoms with Crippen molar-refractivity contribution in [2.45, 2.75) is 44.8 Å². The van der Waals surface area contributed by atoms with Crippen molar-refractivity contribution < 1.29 is 0 Å². The molecule has 1 saturated heterocycles. The Kier molecular flexibility index (Phi) is 6.22. The minimum absolute atomic E-state index is 0.397. The second kappa shape index (κ2) is 7.92. The summed E-state index contributed by atoms with van der Waals surface area (Å²) in [6, 6.07) is 12.4. The lowest BCUT2D eigenvalue weighted by Crippen LogP contribution is -2.51. The number of likely N-dealkylation sites (N-methyl/N-ethyl adjacent to an activating group) is 3. The van der Waals surface area contributed by atoms with Gasteiger partial charge in [0.05, 0.1) is 0 Å². The highest BCUT2D eigenvalue weighted by molar-refractivity contribution is 5.20. The van der Waals surface area contributed by atoms with Crippen LogP contribution in [0.4, 0.5) is 0 Å². The van der Waals surface area contributed by atoms with Gasteiger partial charge < -0.3 is 10.2 Å². The zero-order chi connectivity index (χ0) is 15.2. The molecule has 1 heterocycles. The predicted octanol–water partition coefficient (Wildman–Crippen LogP) is 2.75. The summed E-state index contributed by atoms with van der Waals surface area (Å²) in [6.07, 6.45) is 2.63. The van der Waals surface area contributed by atoms with E-state index in [1.54, 1.807) is 0 Å². The van der Waals surface area contributed by atoms with E-state index in [1.807, 2.05) is 0 Å². The first-order valence-electron chi connectivity index (χ1n) is 8.32. The van der Waals surface area contributed by atoms with E-state index in [-0.39, 0.29) is 0 Å². The van der Waals surface area contributed by atoms with Crippen LogP contribution >= 0.6 is 0 Å². The SMILES string of the molecule is CCNC(c1ccccc1)C(C)N(C)C1CCCN(C)C1. The first kappa shape index (κ1) is 16.5. The quantitative estimate of drug-likeness (QED) is 0.869. The Morgan fingerprint density at radius 3 is 2.67 bits per heavy atom. The fraction of sp³-hybridized carbons (Fsp3) is 0.667. The first-order valence-corrected chi connectivity index (χ1v) is 8.32. The summed E-state index contributed by atoms with van der Waals surface area (Å²) in [6.45, 7) is 7.98. The van der Waals surface area contributed by atoms with Gasteiger partial charge in [0.25, 0.3) is 0 Å². The molecule has 1 aliphatic heterocycles. The Morgan fingerprint density at radius 1 is 1.33 bits per heavy atom. The van der Waals surface area contributed by atoms with Crippen LogP contribution in [0.3, 0.4) is 0 Å². The van der Waals surface area contributed by atoms with Crippen molar-refractivity contribution in [2.75, 3.05) is 33.7 Å². The molecule has 118 valence electrons. The van der Waals surface area contributed by atoms with Crippen molar-refractivity contribution in [3.8, 4) is 0 Å². The summed E-state index contributed by atoms with van der Waals surface area (Å²) in [5.74, 6) is 0. The highest BCUT2D eigenvalue weighted by atomic mass is 15.2. The Balaban J connectivity index is 2.08. The van der Waals surface area contributed by atoms with E-state index in [9.17, 15) is 0 Å². The molecule has 1 fully saturated rings. The first-order chi connectivity index (χ1) is 10.1. The molecule has 0 aromatic heterocycles. The molecular formula is C18H31N3. The van der Waals surface area contributed by atoms with Crippen LogP contribution in [0.2, 0.25) is 0 Å². The van der Waals surface area contributed by atoms with Crippen LogP contribution in [-0.2, 0) is 0 Å². The van der Waals surface area contributed by atoms with Gasteiger partial charge in [0, 0.05) is 24.7 Å². The number of nitrogens with zero attached hydrogens (tertiary/aromatic N) is 2. The fourth-order valence-electron chi connectivity index (χ4n) is 3.49. The van der Waals surface area contributed by atoms with Gasteiger partial charge in [-0.15, -0.1) is 0 Å². The van der Waals surface area contributed by atoms with Crippen LogP contribution in [0.5, 0.6) is 0 Å². The van der Waals surface area contributed by atoms with Crippen molar-refractivity contribution in [1.29, 1.82) is 0 Å². The molecule has 3 nitrogen and oxygen atoms in total. The lowest BCUT2D eigenvalue weighted by atomic mass is 9.96. The highest BCUT2D eigenvalue weighted by Crippen LogP contribution is 2.24. The number of benzene rings is 1. The monoisotopic (exact) mass is 289 g/mol. The van der Waals surface area contributed by atoms with Crippen molar-refractivity contribution in [1.82, 2.24) is 15.1 Å². The summed E-state index contributed by atoms with van der Waals surface area (Å²) in [7, 11) is 4.53. The average molecular weight is 289 g/mol. The Morgan fingerprint density at radius 2 is 2.05 bits per heavy atom. The maximum Gasteiger partial charge on any atom is 0.0475 e. The van der Waals surface area contributed by atoms with Crippen LogP contribution < -0.4 is 5.32 Å². The average Bonchev–Trinajstić information content (AvgIpc) is 2.52. The molecule has 0 amide bonds. The number of rotatable bonds is 6. The van der Waals surface area contributed by atoms with E-state index in [4.69, 9.17) is 0 Å². The van der Waals surface area contributed by atoms with Crippen LogP contribution in [-0.4, -0.2) is 55.6 Å². The molecular weight excluding hydrogens is 258 g/mol. The molecule has 1 aromatic rings. The predicted molar refractivity (Wildman–Crippen MR) is 90.6 cm³/mol. The summed E-state index contributed by atoms with van der Waals surface area (Å²) < 4.78 is 0. The van der Waals surface area contributed by atoms with Gasteiger partial charge in [-0.1, -0.05) is 37.3 Å². The van der Waals surface area contributed by atoms with E-state index in [2.05, 4.69) is 73.4 Å². The van der Waals surface area contributed by atoms with Gasteiger partial charge in [-0.3, -0.25) is 4.90 Å². The number of hydrogen-bond donors (Lipinski definition) is 1. The third kappa shape index (κ3) is 4.29. The fourth-order valence-corrected chi connectivity index (χ4v) is 3.49. The number of likely N-dealkylation sites (tertiary alicyclic amines) is 1. The summed E-state index contributed by atoms with van der Waals surface area (Å²) in [5.41, 5.74) is 1.39. The standard InChI is InChI=1S/C18H31N3/c1-5-19-18(16-10-7-6-8-11-16)15(2)21(4)17-12-9-13-20(3)14-17/h6-8,10-11,15,17-19H,5,9,12-14H2,1-4H3. The maximum atomic E-state index is 3.67. The molecule has 1 N–H and O–H groups in total. The van der Waals surface area contributed by atoms with E-state index < -0.39 is 0 Å². The minimum atomic E-state index is 0.397. The third-order valence-electron chi connectivity index (χ3n) is 4.88. The molecule has 0 radical (unpaired) electrons. The van der Waals surface area contributed by atoms with Gasteiger partial charge >= 0.3 is 0 Å². The zero-order valence-electron chi connectivity index (χ0n) is 14.0. The molecule has 0 bridgehead atoms. The number of piperidine rings is 1. The maximum absolute atomic E-state index is 3.67. The molecule has 0 aliphatic carbocycles. The van der Waals surface area contributed by atoms with Crippen molar-refractivity contribution in [3.05, 3.63) is 35.9 Å². The molecule has 3 heteroatoms. The molecule has 0 spiro atoms. The van der Waals surface area contributed by atoms with E-state index >= 15 is 0 Å². The lowest BCUT2D eigenvalue weighted by molar-refractivity contribution is 0.0882. The number of hydrogen-bond acceptors (Lipinski definition) is 3. The molecule has 3 atom stereocenters. The number of nitrogens with one attached hydrogen (secondary N) is 1. The van der Waals surface area contributed by atoms with E-state index in [0.717, 1.165) is 6.54 Å². The Hall–Kier alpha value is -0.900. The van der Waals surface area contributed by atoms with E-state index in [0.29, 0.717) is 18.1 Å². The van der Waals surface area contributed by atoms with Crippen molar-refractivity contribution in [2.24, 2.45) is 0 Å². The van der Waals surface area contributed by atoms with Crippen LogP contribution in [0, 0.1) is 0 Å². The van der Waals surface area contributed by atoms with Crippen LogP contribution in [0.15, 0.2) is 30.3 Å². The molecule has 21 heavy (non-hydrogen) atoms. The van der Waals surface area contributed by atoms with Gasteiger partial charge in [-0.25, -0.2) is 0 Å². The van der Waals surface area contributed by atoms with Gasteiger partial charge in [0.1, 0.15) is 0 Å². The molecule has 2 rings (SSSR count). The van der Waals surface area contributed by atoms with Gasteiger partial charge in [0.2, 0.25) is 0 Å².